The van der Waals surface area contributed by atoms with Crippen LogP contribution in [0.25, 0.3) is 0 Å². The number of nitrogens with zero attached hydrogens (tertiary/aromatic N) is 3. The number of rotatable bonds is 3. The number of benzene rings is 1. The quantitative estimate of drug-likeness (QED) is 0.492. The van der Waals surface area contributed by atoms with E-state index in [1.807, 2.05) is 18.0 Å². The van der Waals surface area contributed by atoms with Gasteiger partial charge in [-0.1, -0.05) is 0 Å². The Bertz CT molecular complexity index is 566. The third-order valence-electron chi connectivity index (χ3n) is 3.34. The van der Waals surface area contributed by atoms with E-state index in [0.29, 0.717) is 5.69 Å². The molecule has 0 saturated carbocycles. The average Bonchev–Trinajstić information content (AvgIpc) is 2.49. The fourth-order valence-corrected chi connectivity index (χ4v) is 2.02. The molecule has 1 aliphatic rings. The molecule has 21 heavy (non-hydrogen) atoms. The molecule has 0 spiro atoms. The van der Waals surface area contributed by atoms with Crippen LogP contribution in [0.3, 0.4) is 0 Å². The van der Waals surface area contributed by atoms with Crippen molar-refractivity contribution in [3.63, 3.8) is 0 Å². The third kappa shape index (κ3) is 4.23. The van der Waals surface area contributed by atoms with Gasteiger partial charge in [0.2, 0.25) is 0 Å². The molecule has 6 nitrogen and oxygen atoms in total. The Kier molecular flexibility index (Phi) is 4.80. The van der Waals surface area contributed by atoms with E-state index in [2.05, 4.69) is 10.2 Å². The number of carbonyl (C=O) groups excluding carboxylic acids is 1. The summed E-state index contributed by atoms with van der Waals surface area (Å²) in [6.45, 7) is 3.42. The van der Waals surface area contributed by atoms with Crippen molar-refractivity contribution in [1.29, 1.82) is 5.26 Å². The molecule has 2 N–H and O–H groups in total. The van der Waals surface area contributed by atoms with Crippen LogP contribution in [0.15, 0.2) is 36.0 Å². The number of carbonyl (C=O) groups is 1. The second kappa shape index (κ2) is 6.77. The van der Waals surface area contributed by atoms with Gasteiger partial charge in [0.1, 0.15) is 17.4 Å². The van der Waals surface area contributed by atoms with Crippen LogP contribution in [-0.4, -0.2) is 54.0 Å². The molecule has 1 saturated heterocycles. The highest BCUT2D eigenvalue weighted by Gasteiger charge is 2.15. The van der Waals surface area contributed by atoms with Crippen molar-refractivity contribution in [2.75, 3.05) is 38.5 Å². The number of nitrogens with one attached hydrogen (secondary N) is 1. The molecule has 0 bridgehead atoms. The van der Waals surface area contributed by atoms with E-state index >= 15 is 0 Å². The Labute approximate surface area is 123 Å². The molecule has 1 fully saturated rings. The van der Waals surface area contributed by atoms with Crippen molar-refractivity contribution in [3.05, 3.63) is 36.0 Å². The van der Waals surface area contributed by atoms with Crippen molar-refractivity contribution in [2.45, 2.75) is 0 Å². The van der Waals surface area contributed by atoms with Crippen molar-refractivity contribution < 1.29 is 9.90 Å². The van der Waals surface area contributed by atoms with Crippen LogP contribution < -0.4 is 5.32 Å². The van der Waals surface area contributed by atoms with E-state index in [1.54, 1.807) is 18.3 Å². The average molecular weight is 286 g/mol. The van der Waals surface area contributed by atoms with E-state index in [4.69, 9.17) is 5.26 Å². The number of anilines is 1. The van der Waals surface area contributed by atoms with Crippen LogP contribution in [0.4, 0.5) is 5.69 Å². The topological polar surface area (TPSA) is 79.6 Å². The highest BCUT2D eigenvalue weighted by molar-refractivity contribution is 6.06. The van der Waals surface area contributed by atoms with Gasteiger partial charge in [0.25, 0.3) is 5.91 Å². The molecule has 1 heterocycles. The maximum absolute atomic E-state index is 12.1. The molecule has 2 rings (SSSR count). The second-order valence-corrected chi connectivity index (χ2v) is 4.99. The minimum Gasteiger partial charge on any atom is -0.508 e. The smallest absolute Gasteiger partial charge is 0.267 e. The third-order valence-corrected chi connectivity index (χ3v) is 3.34. The summed E-state index contributed by atoms with van der Waals surface area (Å²) in [4.78, 5) is 16.2. The van der Waals surface area contributed by atoms with E-state index < -0.39 is 5.91 Å². The number of aromatic hydroxyl groups is 1. The zero-order chi connectivity index (χ0) is 15.2. The highest BCUT2D eigenvalue weighted by Crippen LogP contribution is 2.14. The second-order valence-electron chi connectivity index (χ2n) is 4.99. The van der Waals surface area contributed by atoms with E-state index in [0.717, 1.165) is 26.2 Å². The molecule has 0 radical (unpaired) electrons. The molecule has 1 aromatic rings. The molecule has 0 aromatic heterocycles. The summed E-state index contributed by atoms with van der Waals surface area (Å²) in [5, 5.41) is 21.0. The number of piperazine rings is 1. The van der Waals surface area contributed by atoms with Crippen LogP contribution in [0.5, 0.6) is 5.75 Å². The summed E-state index contributed by atoms with van der Waals surface area (Å²) in [6, 6.07) is 8.06. The first kappa shape index (κ1) is 14.9. The lowest BCUT2D eigenvalue weighted by molar-refractivity contribution is -0.112. The van der Waals surface area contributed by atoms with Gasteiger partial charge in [0.05, 0.1) is 0 Å². The fraction of sp³-hybridized carbons (Fsp3) is 0.333. The predicted molar refractivity (Wildman–Crippen MR) is 79.5 cm³/mol. The Morgan fingerprint density at radius 2 is 1.90 bits per heavy atom. The first-order chi connectivity index (χ1) is 10.1. The number of hydrogen-bond acceptors (Lipinski definition) is 5. The zero-order valence-corrected chi connectivity index (χ0v) is 11.9. The van der Waals surface area contributed by atoms with Gasteiger partial charge in [-0.3, -0.25) is 4.79 Å². The first-order valence-electron chi connectivity index (χ1n) is 6.73. The van der Waals surface area contributed by atoms with Gasteiger partial charge in [-0.2, -0.15) is 5.26 Å². The van der Waals surface area contributed by atoms with Crippen LogP contribution in [0.1, 0.15) is 0 Å². The SMILES string of the molecule is CN1CCN(/C=C(/C#N)C(=O)Nc2ccc(O)cc2)CC1. The van der Waals surface area contributed by atoms with Gasteiger partial charge in [0, 0.05) is 38.1 Å². The lowest BCUT2D eigenvalue weighted by Crippen LogP contribution is -2.42. The summed E-state index contributed by atoms with van der Waals surface area (Å²) >= 11 is 0. The lowest BCUT2D eigenvalue weighted by Gasteiger charge is -2.31. The molecule has 1 amide bonds. The van der Waals surface area contributed by atoms with Crippen LogP contribution in [0.2, 0.25) is 0 Å². The summed E-state index contributed by atoms with van der Waals surface area (Å²) in [5.41, 5.74) is 0.616. The zero-order valence-electron chi connectivity index (χ0n) is 11.9. The maximum Gasteiger partial charge on any atom is 0.267 e. The number of phenolic OH excluding ortho intramolecular Hbond substituents is 1. The van der Waals surface area contributed by atoms with Crippen molar-refractivity contribution in [1.82, 2.24) is 9.80 Å². The lowest BCUT2D eigenvalue weighted by atomic mass is 10.2. The molecule has 0 atom stereocenters. The fourth-order valence-electron chi connectivity index (χ4n) is 2.02. The minimum absolute atomic E-state index is 0.0765. The standard InChI is InChI=1S/C15H18N4O2/c1-18-6-8-19(9-7-18)11-12(10-16)15(21)17-13-2-4-14(20)5-3-13/h2-5,11,20H,6-9H2,1H3,(H,17,21)/b12-11-. The molecule has 110 valence electrons. The number of nitriles is 1. The van der Waals surface area contributed by atoms with E-state index in [1.165, 1.54) is 12.1 Å². The molecule has 6 heteroatoms. The highest BCUT2D eigenvalue weighted by atomic mass is 16.3. The number of likely N-dealkylation sites (N-methyl/N-ethyl adjacent to an activating group) is 1. The van der Waals surface area contributed by atoms with Crippen molar-refractivity contribution in [3.8, 4) is 11.8 Å². The van der Waals surface area contributed by atoms with Crippen molar-refractivity contribution >= 4 is 11.6 Å². The van der Waals surface area contributed by atoms with Gasteiger partial charge in [-0.05, 0) is 31.3 Å². The Balaban J connectivity index is 2.01. The number of hydrogen-bond donors (Lipinski definition) is 2. The summed E-state index contributed by atoms with van der Waals surface area (Å²) in [5.74, 6) is -0.316. The van der Waals surface area contributed by atoms with Gasteiger partial charge in [0.15, 0.2) is 0 Å². The minimum atomic E-state index is -0.442. The predicted octanol–water partition coefficient (Wildman–Crippen LogP) is 0.986. The number of phenols is 1. The van der Waals surface area contributed by atoms with Gasteiger partial charge < -0.3 is 20.2 Å². The van der Waals surface area contributed by atoms with E-state index in [9.17, 15) is 9.90 Å². The van der Waals surface area contributed by atoms with E-state index in [-0.39, 0.29) is 11.3 Å². The van der Waals surface area contributed by atoms with Gasteiger partial charge in [-0.25, -0.2) is 0 Å². The van der Waals surface area contributed by atoms with Crippen molar-refractivity contribution in [2.24, 2.45) is 0 Å². The monoisotopic (exact) mass is 286 g/mol. The van der Waals surface area contributed by atoms with Crippen LogP contribution >= 0.6 is 0 Å². The Hall–Kier alpha value is -2.52. The van der Waals surface area contributed by atoms with Gasteiger partial charge in [-0.15, -0.1) is 0 Å². The Morgan fingerprint density at radius 1 is 1.29 bits per heavy atom. The molecule has 1 aliphatic heterocycles. The normalized spacial score (nSPS) is 16.4. The Morgan fingerprint density at radius 3 is 2.48 bits per heavy atom. The summed E-state index contributed by atoms with van der Waals surface area (Å²) in [6.07, 6.45) is 1.61. The molecular weight excluding hydrogens is 268 g/mol. The maximum atomic E-state index is 12.1. The van der Waals surface area contributed by atoms with Crippen LogP contribution in [-0.2, 0) is 4.79 Å². The molecule has 0 aliphatic carbocycles. The molecule has 0 unspecified atom stereocenters. The van der Waals surface area contributed by atoms with Gasteiger partial charge >= 0.3 is 0 Å². The summed E-state index contributed by atoms with van der Waals surface area (Å²) < 4.78 is 0. The number of amides is 1. The van der Waals surface area contributed by atoms with Crippen LogP contribution in [0, 0.1) is 11.3 Å². The summed E-state index contributed by atoms with van der Waals surface area (Å²) in [7, 11) is 2.05. The largest absolute Gasteiger partial charge is 0.508 e. The molecule has 1 aromatic carbocycles. The first-order valence-corrected chi connectivity index (χ1v) is 6.73. The molecular formula is C15H18N4O2.